The van der Waals surface area contributed by atoms with Gasteiger partial charge in [0.05, 0.1) is 5.69 Å². The smallest absolute Gasteiger partial charge is 0.103 e. The van der Waals surface area contributed by atoms with Gasteiger partial charge in [0.1, 0.15) is 10.7 Å². The number of aryl methyl sites for hydroxylation is 1. The molecular weight excluding hydrogens is 230 g/mol. The molecule has 1 fully saturated rings. The van der Waals surface area contributed by atoms with Crippen LogP contribution in [0.3, 0.4) is 0 Å². The van der Waals surface area contributed by atoms with Crippen molar-refractivity contribution in [2.45, 2.75) is 25.2 Å². The molecule has 1 aliphatic rings. The molecule has 0 unspecified atom stereocenters. The lowest BCUT2D eigenvalue weighted by Crippen LogP contribution is -2.19. The Morgan fingerprint density at radius 1 is 1.41 bits per heavy atom. The van der Waals surface area contributed by atoms with E-state index in [4.69, 9.17) is 10.7 Å². The highest BCUT2D eigenvalue weighted by Gasteiger charge is 2.45. The fraction of sp³-hybridized carbons (Fsp3) is 0.385. The molecular formula is C13H15N3S. The van der Waals surface area contributed by atoms with E-state index >= 15 is 0 Å². The zero-order valence-electron chi connectivity index (χ0n) is 9.81. The van der Waals surface area contributed by atoms with Crippen molar-refractivity contribution in [3.63, 3.8) is 0 Å². The van der Waals surface area contributed by atoms with Crippen LogP contribution in [0.5, 0.6) is 0 Å². The molecule has 0 aliphatic heterocycles. The summed E-state index contributed by atoms with van der Waals surface area (Å²) >= 11 is 1.77. The topological polar surface area (TPSA) is 51.8 Å². The maximum atomic E-state index is 5.85. The van der Waals surface area contributed by atoms with E-state index in [-0.39, 0.29) is 5.41 Å². The first-order chi connectivity index (χ1) is 8.25. The molecule has 1 aliphatic carbocycles. The number of pyridine rings is 1. The summed E-state index contributed by atoms with van der Waals surface area (Å²) in [6.45, 7) is 2.82. The Hall–Kier alpha value is -1.26. The number of aromatic nitrogens is 2. The van der Waals surface area contributed by atoms with E-state index in [1.807, 2.05) is 24.4 Å². The summed E-state index contributed by atoms with van der Waals surface area (Å²) < 4.78 is 0. The Labute approximate surface area is 105 Å². The van der Waals surface area contributed by atoms with Gasteiger partial charge in [-0.2, -0.15) is 0 Å². The van der Waals surface area contributed by atoms with Crippen molar-refractivity contribution in [2.24, 2.45) is 5.73 Å². The lowest BCUT2D eigenvalue weighted by molar-refractivity contribution is 0.698. The molecule has 2 aromatic heterocycles. The summed E-state index contributed by atoms with van der Waals surface area (Å²) in [4.78, 5) is 10.4. The van der Waals surface area contributed by atoms with Crippen molar-refractivity contribution in [1.29, 1.82) is 0 Å². The molecule has 0 atom stereocenters. The SMILES string of the molecule is Cc1sc(C2(CN)CC2)nc1-c1ccccn1. The number of hydrogen-bond donors (Lipinski definition) is 1. The molecule has 4 heteroatoms. The second-order valence-electron chi connectivity index (χ2n) is 4.62. The Balaban J connectivity index is 2.03. The van der Waals surface area contributed by atoms with Crippen molar-refractivity contribution in [3.8, 4) is 11.4 Å². The maximum Gasteiger partial charge on any atom is 0.103 e. The van der Waals surface area contributed by atoms with E-state index in [0.29, 0.717) is 6.54 Å². The number of nitrogens with zero attached hydrogens (tertiary/aromatic N) is 2. The Bertz CT molecular complexity index is 529. The summed E-state index contributed by atoms with van der Waals surface area (Å²) in [5, 5.41) is 1.19. The fourth-order valence-corrected chi connectivity index (χ4v) is 3.20. The van der Waals surface area contributed by atoms with Crippen LogP contribution in [0.1, 0.15) is 22.7 Å². The zero-order valence-corrected chi connectivity index (χ0v) is 10.6. The van der Waals surface area contributed by atoms with E-state index in [0.717, 1.165) is 11.4 Å². The van der Waals surface area contributed by atoms with Crippen LogP contribution < -0.4 is 5.73 Å². The molecule has 0 radical (unpaired) electrons. The Kier molecular flexibility index (Phi) is 2.49. The first-order valence-electron chi connectivity index (χ1n) is 5.84. The first-order valence-corrected chi connectivity index (χ1v) is 6.66. The highest BCUT2D eigenvalue weighted by Crippen LogP contribution is 2.49. The minimum absolute atomic E-state index is 0.183. The second-order valence-corrected chi connectivity index (χ2v) is 5.83. The monoisotopic (exact) mass is 245 g/mol. The van der Waals surface area contributed by atoms with Crippen LogP contribution in [-0.2, 0) is 5.41 Å². The van der Waals surface area contributed by atoms with Crippen LogP contribution in [0, 0.1) is 6.92 Å². The number of hydrogen-bond acceptors (Lipinski definition) is 4. The fourth-order valence-electron chi connectivity index (χ4n) is 2.02. The molecule has 0 bridgehead atoms. The van der Waals surface area contributed by atoms with Crippen molar-refractivity contribution < 1.29 is 0 Å². The van der Waals surface area contributed by atoms with E-state index in [1.165, 1.54) is 22.7 Å². The van der Waals surface area contributed by atoms with Gasteiger partial charge in [-0.25, -0.2) is 4.98 Å². The molecule has 0 spiro atoms. The third-order valence-electron chi connectivity index (χ3n) is 3.40. The van der Waals surface area contributed by atoms with Gasteiger partial charge in [0.15, 0.2) is 0 Å². The molecule has 0 amide bonds. The normalized spacial score (nSPS) is 17.1. The van der Waals surface area contributed by atoms with Crippen LogP contribution in [0.25, 0.3) is 11.4 Å². The zero-order chi connectivity index (χ0) is 11.9. The Morgan fingerprint density at radius 3 is 2.82 bits per heavy atom. The van der Waals surface area contributed by atoms with Crippen LogP contribution in [0.4, 0.5) is 0 Å². The summed E-state index contributed by atoms with van der Waals surface area (Å²) in [7, 11) is 0. The minimum atomic E-state index is 0.183. The van der Waals surface area contributed by atoms with Gasteiger partial charge in [0.2, 0.25) is 0 Å². The average Bonchev–Trinajstić information content (AvgIpc) is 3.08. The van der Waals surface area contributed by atoms with E-state index in [9.17, 15) is 0 Å². The molecule has 2 N–H and O–H groups in total. The van der Waals surface area contributed by atoms with Crippen LogP contribution in [0.15, 0.2) is 24.4 Å². The van der Waals surface area contributed by atoms with E-state index in [1.54, 1.807) is 11.3 Å². The predicted octanol–water partition coefficient (Wildman–Crippen LogP) is 2.50. The third kappa shape index (κ3) is 1.77. The highest BCUT2D eigenvalue weighted by molar-refractivity contribution is 7.12. The number of nitrogens with two attached hydrogens (primary N) is 1. The standard InChI is InChI=1S/C13H15N3S/c1-9-11(10-4-2-3-7-15-10)16-12(17-9)13(8-14)5-6-13/h2-4,7H,5-6,8,14H2,1H3. The van der Waals surface area contributed by atoms with Gasteiger partial charge in [-0.3, -0.25) is 4.98 Å². The molecule has 0 saturated heterocycles. The van der Waals surface area contributed by atoms with Gasteiger partial charge < -0.3 is 5.73 Å². The molecule has 0 aromatic carbocycles. The largest absolute Gasteiger partial charge is 0.329 e. The van der Waals surface area contributed by atoms with Crippen molar-refractivity contribution in [2.75, 3.05) is 6.54 Å². The third-order valence-corrected chi connectivity index (χ3v) is 4.62. The van der Waals surface area contributed by atoms with Gasteiger partial charge >= 0.3 is 0 Å². The predicted molar refractivity (Wildman–Crippen MR) is 70.0 cm³/mol. The van der Waals surface area contributed by atoms with Crippen LogP contribution in [-0.4, -0.2) is 16.5 Å². The lowest BCUT2D eigenvalue weighted by Gasteiger charge is -2.06. The van der Waals surface area contributed by atoms with Crippen molar-refractivity contribution in [3.05, 3.63) is 34.3 Å². The molecule has 17 heavy (non-hydrogen) atoms. The minimum Gasteiger partial charge on any atom is -0.329 e. The van der Waals surface area contributed by atoms with Gasteiger partial charge in [-0.1, -0.05) is 6.07 Å². The van der Waals surface area contributed by atoms with E-state index < -0.39 is 0 Å². The molecule has 1 saturated carbocycles. The molecule has 88 valence electrons. The number of rotatable bonds is 3. The first kappa shape index (κ1) is 10.9. The molecule has 3 nitrogen and oxygen atoms in total. The summed E-state index contributed by atoms with van der Waals surface area (Å²) in [6.07, 6.45) is 4.17. The molecule has 3 rings (SSSR count). The van der Waals surface area contributed by atoms with E-state index in [2.05, 4.69) is 11.9 Å². The quantitative estimate of drug-likeness (QED) is 0.904. The van der Waals surface area contributed by atoms with Gasteiger partial charge in [-0.05, 0) is 31.9 Å². The maximum absolute atomic E-state index is 5.85. The van der Waals surface area contributed by atoms with Crippen LogP contribution >= 0.6 is 11.3 Å². The number of thiazole rings is 1. The highest BCUT2D eigenvalue weighted by atomic mass is 32.1. The molecule has 2 heterocycles. The van der Waals surface area contributed by atoms with Gasteiger partial charge in [-0.15, -0.1) is 11.3 Å². The Morgan fingerprint density at radius 2 is 2.24 bits per heavy atom. The molecule has 2 aromatic rings. The lowest BCUT2D eigenvalue weighted by atomic mass is 10.1. The van der Waals surface area contributed by atoms with Crippen LogP contribution in [0.2, 0.25) is 0 Å². The summed E-state index contributed by atoms with van der Waals surface area (Å²) in [5.41, 5.74) is 8.01. The van der Waals surface area contributed by atoms with Gasteiger partial charge in [0.25, 0.3) is 0 Å². The average molecular weight is 245 g/mol. The van der Waals surface area contributed by atoms with Gasteiger partial charge in [0, 0.05) is 23.0 Å². The summed E-state index contributed by atoms with van der Waals surface area (Å²) in [6, 6.07) is 5.93. The second kappa shape index (κ2) is 3.89. The van der Waals surface area contributed by atoms with Crippen molar-refractivity contribution in [1.82, 2.24) is 9.97 Å². The summed E-state index contributed by atoms with van der Waals surface area (Å²) in [5.74, 6) is 0. The van der Waals surface area contributed by atoms with Crippen molar-refractivity contribution >= 4 is 11.3 Å².